The fraction of sp³-hybridized carbons (Fsp3) is 0.333. The summed E-state index contributed by atoms with van der Waals surface area (Å²) in [6.07, 6.45) is -0.628. The summed E-state index contributed by atoms with van der Waals surface area (Å²) in [4.78, 5) is 23.2. The van der Waals surface area contributed by atoms with Gasteiger partial charge in [0.1, 0.15) is 11.2 Å². The number of phenols is 2. The van der Waals surface area contributed by atoms with Crippen LogP contribution in [-0.2, 0) is 11.3 Å². The largest absolute Gasteiger partial charge is 0.504 e. The zero-order valence-corrected chi connectivity index (χ0v) is 12.5. The Balaban J connectivity index is 2.29. The van der Waals surface area contributed by atoms with Gasteiger partial charge in [-0.3, -0.25) is 0 Å². The van der Waals surface area contributed by atoms with Crippen LogP contribution in [0.15, 0.2) is 27.4 Å². The molecule has 0 saturated heterocycles. The molecule has 7 heteroatoms. The van der Waals surface area contributed by atoms with Gasteiger partial charge in [-0.15, -0.1) is 0 Å². The van der Waals surface area contributed by atoms with Crippen LogP contribution in [0.2, 0.25) is 0 Å². The molecule has 0 radical (unpaired) electrons. The Labute approximate surface area is 126 Å². The zero-order valence-electron chi connectivity index (χ0n) is 12.5. The molecule has 7 nitrogen and oxygen atoms in total. The summed E-state index contributed by atoms with van der Waals surface area (Å²) in [5.74, 6) is -0.743. The molecule has 0 bridgehead atoms. The first-order valence-electron chi connectivity index (χ1n) is 6.61. The third kappa shape index (κ3) is 3.69. The molecule has 1 amide bonds. The van der Waals surface area contributed by atoms with Crippen molar-refractivity contribution in [2.45, 2.75) is 32.9 Å². The number of phenolic OH excluding ortho intramolecular Hbond substituents is 2. The minimum atomic E-state index is -0.633. The molecule has 0 aliphatic carbocycles. The van der Waals surface area contributed by atoms with Crippen LogP contribution in [0, 0.1) is 0 Å². The van der Waals surface area contributed by atoms with Crippen molar-refractivity contribution in [3.05, 3.63) is 34.2 Å². The van der Waals surface area contributed by atoms with Gasteiger partial charge in [0.05, 0.1) is 0 Å². The average Bonchev–Trinajstić information content (AvgIpc) is 2.36. The second-order valence-corrected chi connectivity index (χ2v) is 5.78. The molecule has 118 valence electrons. The molecular formula is C15H17NO6. The lowest BCUT2D eigenvalue weighted by molar-refractivity contribution is 0.0523. The molecule has 0 aliphatic heterocycles. The maximum atomic E-state index is 11.6. The Morgan fingerprint density at radius 1 is 1.23 bits per heavy atom. The summed E-state index contributed by atoms with van der Waals surface area (Å²) < 4.78 is 10.1. The van der Waals surface area contributed by atoms with Crippen molar-refractivity contribution in [1.29, 1.82) is 0 Å². The van der Waals surface area contributed by atoms with Crippen molar-refractivity contribution in [3.63, 3.8) is 0 Å². The minimum Gasteiger partial charge on any atom is -0.504 e. The smallest absolute Gasteiger partial charge is 0.407 e. The molecule has 0 spiro atoms. The normalized spacial score (nSPS) is 11.4. The summed E-state index contributed by atoms with van der Waals surface area (Å²) in [6, 6.07) is 3.61. The van der Waals surface area contributed by atoms with Crippen LogP contribution < -0.4 is 10.9 Å². The first-order chi connectivity index (χ1) is 10.2. The lowest BCUT2D eigenvalue weighted by Gasteiger charge is -2.19. The highest BCUT2D eigenvalue weighted by Gasteiger charge is 2.17. The van der Waals surface area contributed by atoms with Gasteiger partial charge in [-0.25, -0.2) is 9.59 Å². The molecule has 0 saturated carbocycles. The zero-order chi connectivity index (χ0) is 16.5. The molecule has 1 aromatic heterocycles. The van der Waals surface area contributed by atoms with Crippen LogP contribution in [0.4, 0.5) is 4.79 Å². The molecule has 0 aliphatic rings. The van der Waals surface area contributed by atoms with Gasteiger partial charge < -0.3 is 24.7 Å². The van der Waals surface area contributed by atoms with E-state index in [9.17, 15) is 19.8 Å². The number of carbonyl (C=O) groups is 1. The molecular weight excluding hydrogens is 290 g/mol. The molecule has 2 rings (SSSR count). The Kier molecular flexibility index (Phi) is 3.99. The maximum absolute atomic E-state index is 11.6. The van der Waals surface area contributed by atoms with Crippen molar-refractivity contribution in [3.8, 4) is 11.5 Å². The van der Waals surface area contributed by atoms with E-state index in [1.54, 1.807) is 20.8 Å². The first-order valence-corrected chi connectivity index (χ1v) is 6.61. The number of carbonyl (C=O) groups excluding carboxylic acids is 1. The van der Waals surface area contributed by atoms with Gasteiger partial charge in [0, 0.05) is 24.1 Å². The van der Waals surface area contributed by atoms with Gasteiger partial charge in [-0.05, 0) is 32.4 Å². The van der Waals surface area contributed by atoms with E-state index < -0.39 is 23.1 Å². The fourth-order valence-corrected chi connectivity index (χ4v) is 1.88. The van der Waals surface area contributed by atoms with E-state index in [1.165, 1.54) is 12.1 Å². The molecule has 0 unspecified atom stereocenters. The van der Waals surface area contributed by atoms with E-state index >= 15 is 0 Å². The highest BCUT2D eigenvalue weighted by atomic mass is 16.6. The highest BCUT2D eigenvalue weighted by molar-refractivity contribution is 5.84. The third-order valence-corrected chi connectivity index (χ3v) is 2.75. The minimum absolute atomic E-state index is 0.0151. The van der Waals surface area contributed by atoms with Crippen molar-refractivity contribution < 1.29 is 24.2 Å². The van der Waals surface area contributed by atoms with Gasteiger partial charge in [0.15, 0.2) is 11.5 Å². The number of rotatable bonds is 2. The molecule has 1 heterocycles. The Morgan fingerprint density at radius 2 is 1.86 bits per heavy atom. The summed E-state index contributed by atoms with van der Waals surface area (Å²) >= 11 is 0. The second kappa shape index (κ2) is 5.59. The lowest BCUT2D eigenvalue weighted by Crippen LogP contribution is -2.32. The number of ether oxygens (including phenoxy) is 1. The number of alkyl carbamates (subject to hydrolysis) is 1. The summed E-state index contributed by atoms with van der Waals surface area (Å²) in [5, 5.41) is 21.9. The number of hydrogen-bond acceptors (Lipinski definition) is 6. The quantitative estimate of drug-likeness (QED) is 0.580. The summed E-state index contributed by atoms with van der Waals surface area (Å²) in [5.41, 5.74) is -0.707. The van der Waals surface area contributed by atoms with E-state index in [1.807, 2.05) is 0 Å². The van der Waals surface area contributed by atoms with Crippen LogP contribution in [0.25, 0.3) is 11.0 Å². The number of nitrogens with one attached hydrogen (secondary N) is 1. The predicted molar refractivity (Wildman–Crippen MR) is 78.9 cm³/mol. The van der Waals surface area contributed by atoms with Crippen molar-refractivity contribution in [2.75, 3.05) is 0 Å². The fourth-order valence-electron chi connectivity index (χ4n) is 1.88. The van der Waals surface area contributed by atoms with Crippen LogP contribution in [0.3, 0.4) is 0 Å². The number of aromatic hydroxyl groups is 2. The van der Waals surface area contributed by atoms with E-state index in [-0.39, 0.29) is 17.9 Å². The van der Waals surface area contributed by atoms with Crippen molar-refractivity contribution in [2.24, 2.45) is 0 Å². The van der Waals surface area contributed by atoms with Gasteiger partial charge in [-0.1, -0.05) is 0 Å². The van der Waals surface area contributed by atoms with Gasteiger partial charge in [0.25, 0.3) is 0 Å². The number of amides is 1. The van der Waals surface area contributed by atoms with Crippen LogP contribution in [-0.4, -0.2) is 21.9 Å². The Bertz CT molecular complexity index is 772. The van der Waals surface area contributed by atoms with Crippen LogP contribution in [0.1, 0.15) is 26.3 Å². The number of benzene rings is 1. The maximum Gasteiger partial charge on any atom is 0.407 e. The van der Waals surface area contributed by atoms with Crippen molar-refractivity contribution >= 4 is 17.1 Å². The number of fused-ring (bicyclic) bond motifs is 1. The SMILES string of the molecule is CC(C)(C)OC(=O)NCc1cc(=O)oc2cc(O)c(O)cc12. The molecule has 3 N–H and O–H groups in total. The molecule has 0 fully saturated rings. The van der Waals surface area contributed by atoms with Gasteiger partial charge >= 0.3 is 11.7 Å². The topological polar surface area (TPSA) is 109 Å². The first kappa shape index (κ1) is 15.7. The van der Waals surface area contributed by atoms with Crippen LogP contribution in [0.5, 0.6) is 11.5 Å². The average molecular weight is 307 g/mol. The lowest BCUT2D eigenvalue weighted by atomic mass is 10.1. The van der Waals surface area contributed by atoms with Crippen LogP contribution >= 0.6 is 0 Å². The Hall–Kier alpha value is -2.70. The van der Waals surface area contributed by atoms with E-state index in [0.717, 1.165) is 6.07 Å². The molecule has 22 heavy (non-hydrogen) atoms. The summed E-state index contributed by atoms with van der Waals surface area (Å²) in [7, 11) is 0. The van der Waals surface area contributed by atoms with E-state index in [0.29, 0.717) is 10.9 Å². The summed E-state index contributed by atoms with van der Waals surface area (Å²) in [6.45, 7) is 5.22. The molecule has 1 aromatic carbocycles. The second-order valence-electron chi connectivity index (χ2n) is 5.78. The Morgan fingerprint density at radius 3 is 2.50 bits per heavy atom. The van der Waals surface area contributed by atoms with Crippen molar-refractivity contribution in [1.82, 2.24) is 5.32 Å². The van der Waals surface area contributed by atoms with Gasteiger partial charge in [0.2, 0.25) is 0 Å². The highest BCUT2D eigenvalue weighted by Crippen LogP contribution is 2.31. The van der Waals surface area contributed by atoms with E-state index in [2.05, 4.69) is 5.32 Å². The van der Waals surface area contributed by atoms with E-state index in [4.69, 9.17) is 9.15 Å². The molecule has 2 aromatic rings. The monoisotopic (exact) mass is 307 g/mol. The van der Waals surface area contributed by atoms with Gasteiger partial charge in [-0.2, -0.15) is 0 Å². The predicted octanol–water partition coefficient (Wildman–Crippen LogP) is 2.23. The standard InChI is InChI=1S/C15H17NO6/c1-15(2,3)22-14(20)16-7-8-4-13(19)21-12-6-11(18)10(17)5-9(8)12/h4-6,17-18H,7H2,1-3H3,(H,16,20). The molecule has 0 atom stereocenters. The number of hydrogen-bond donors (Lipinski definition) is 3. The third-order valence-electron chi connectivity index (χ3n) is 2.75.